The first-order chi connectivity index (χ1) is 12.5. The van der Waals surface area contributed by atoms with Crippen LogP contribution in [0.15, 0.2) is 18.3 Å². The van der Waals surface area contributed by atoms with Crippen molar-refractivity contribution in [2.24, 2.45) is 0 Å². The van der Waals surface area contributed by atoms with E-state index in [4.69, 9.17) is 4.74 Å². The van der Waals surface area contributed by atoms with Crippen molar-refractivity contribution < 1.29 is 22.7 Å². The Morgan fingerprint density at radius 2 is 2.07 bits per heavy atom. The average molecular weight is 385 g/mol. The zero-order chi connectivity index (χ0) is 19.8. The van der Waals surface area contributed by atoms with Crippen LogP contribution < -0.4 is 5.32 Å². The van der Waals surface area contributed by atoms with Crippen LogP contribution in [0.2, 0.25) is 0 Å². The van der Waals surface area contributed by atoms with Gasteiger partial charge in [-0.25, -0.2) is 14.3 Å². The average Bonchev–Trinajstić information content (AvgIpc) is 3.17. The summed E-state index contributed by atoms with van der Waals surface area (Å²) in [5.41, 5.74) is -1.40. The van der Waals surface area contributed by atoms with Crippen molar-refractivity contribution in [3.05, 3.63) is 24.0 Å². The second-order valence-corrected chi connectivity index (χ2v) is 7.48. The molecule has 0 unspecified atom stereocenters. The van der Waals surface area contributed by atoms with Gasteiger partial charge in [-0.2, -0.15) is 13.2 Å². The molecule has 1 fully saturated rings. The molecule has 27 heavy (non-hydrogen) atoms. The first kappa shape index (κ1) is 19.2. The highest BCUT2D eigenvalue weighted by Gasteiger charge is 2.35. The number of amides is 1. The van der Waals surface area contributed by atoms with Crippen molar-refractivity contribution in [1.29, 1.82) is 0 Å². The lowest BCUT2D eigenvalue weighted by Gasteiger charge is -2.28. The molecule has 0 saturated carbocycles. The standard InChI is InChI=1S/C17H22F3N5O2/c1-16(2,3)27-15(26)24-8-4-5-11(24)9-21-13-6-7-14-22-10-12(17(18,19)20)25(14)23-13/h6-7,10-11H,4-5,8-9H2,1-3H3,(H,21,23)/t11-/m0/s1. The lowest BCUT2D eigenvalue weighted by molar-refractivity contribution is -0.142. The fraction of sp³-hybridized carbons (Fsp3) is 0.588. The van der Waals surface area contributed by atoms with Crippen molar-refractivity contribution in [2.45, 2.75) is 51.4 Å². The van der Waals surface area contributed by atoms with Crippen LogP contribution in [0.3, 0.4) is 0 Å². The van der Waals surface area contributed by atoms with E-state index in [1.165, 1.54) is 6.07 Å². The number of rotatable bonds is 3. The predicted octanol–water partition coefficient (Wildman–Crippen LogP) is 3.56. The van der Waals surface area contributed by atoms with Crippen LogP contribution in [0, 0.1) is 0 Å². The van der Waals surface area contributed by atoms with E-state index in [9.17, 15) is 18.0 Å². The van der Waals surface area contributed by atoms with Gasteiger partial charge in [0, 0.05) is 13.1 Å². The minimum absolute atomic E-state index is 0.109. The van der Waals surface area contributed by atoms with Gasteiger partial charge in [0.05, 0.1) is 12.2 Å². The minimum Gasteiger partial charge on any atom is -0.444 e. The summed E-state index contributed by atoms with van der Waals surface area (Å²) in [5.74, 6) is 0.280. The molecule has 1 atom stereocenters. The van der Waals surface area contributed by atoms with Gasteiger partial charge in [0.1, 0.15) is 11.4 Å². The topological polar surface area (TPSA) is 71.8 Å². The number of hydrogen-bond acceptors (Lipinski definition) is 5. The number of halogens is 3. The number of ether oxygens (including phenoxy) is 1. The van der Waals surface area contributed by atoms with Crippen LogP contribution in [0.1, 0.15) is 39.3 Å². The van der Waals surface area contributed by atoms with E-state index >= 15 is 0 Å². The third kappa shape index (κ3) is 4.42. The second kappa shape index (κ2) is 6.90. The highest BCUT2D eigenvalue weighted by Crippen LogP contribution is 2.29. The van der Waals surface area contributed by atoms with Crippen molar-refractivity contribution in [3.63, 3.8) is 0 Å². The molecule has 10 heteroatoms. The molecule has 0 radical (unpaired) electrons. The molecule has 1 aliphatic rings. The van der Waals surface area contributed by atoms with Crippen molar-refractivity contribution in [2.75, 3.05) is 18.4 Å². The van der Waals surface area contributed by atoms with Gasteiger partial charge in [0.15, 0.2) is 11.3 Å². The normalized spacial score (nSPS) is 18.1. The molecule has 7 nitrogen and oxygen atoms in total. The number of nitrogens with zero attached hydrogens (tertiary/aromatic N) is 4. The van der Waals surface area contributed by atoms with Gasteiger partial charge in [-0.05, 0) is 45.7 Å². The highest BCUT2D eigenvalue weighted by molar-refractivity contribution is 5.69. The first-order valence-corrected chi connectivity index (χ1v) is 8.70. The molecule has 1 aliphatic heterocycles. The van der Waals surface area contributed by atoms with Gasteiger partial charge in [-0.3, -0.25) is 0 Å². The van der Waals surface area contributed by atoms with Crippen molar-refractivity contribution in [3.8, 4) is 0 Å². The molecule has 148 valence electrons. The van der Waals surface area contributed by atoms with Crippen LogP contribution in [-0.2, 0) is 10.9 Å². The first-order valence-electron chi connectivity index (χ1n) is 8.70. The number of aromatic nitrogens is 3. The summed E-state index contributed by atoms with van der Waals surface area (Å²) < 4.78 is 45.2. The van der Waals surface area contributed by atoms with E-state index in [0.717, 1.165) is 23.6 Å². The third-order valence-electron chi connectivity index (χ3n) is 4.18. The lowest BCUT2D eigenvalue weighted by atomic mass is 10.2. The Morgan fingerprint density at radius 1 is 1.33 bits per heavy atom. The summed E-state index contributed by atoms with van der Waals surface area (Å²) in [6.45, 7) is 6.37. The fourth-order valence-electron chi connectivity index (χ4n) is 2.99. The summed E-state index contributed by atoms with van der Waals surface area (Å²) in [4.78, 5) is 17.7. The molecule has 0 spiro atoms. The van der Waals surface area contributed by atoms with E-state index < -0.39 is 17.5 Å². The largest absolute Gasteiger partial charge is 0.444 e. The second-order valence-electron chi connectivity index (χ2n) is 7.48. The van der Waals surface area contributed by atoms with Gasteiger partial charge < -0.3 is 15.0 Å². The number of likely N-dealkylation sites (tertiary alicyclic amines) is 1. The van der Waals surface area contributed by atoms with Crippen molar-refractivity contribution in [1.82, 2.24) is 19.5 Å². The van der Waals surface area contributed by atoms with E-state index in [2.05, 4.69) is 15.4 Å². The predicted molar refractivity (Wildman–Crippen MR) is 92.4 cm³/mol. The Kier molecular flexibility index (Phi) is 4.92. The minimum atomic E-state index is -4.54. The maximum Gasteiger partial charge on any atom is 0.435 e. The van der Waals surface area contributed by atoms with Crippen LogP contribution in [0.5, 0.6) is 0 Å². The molecule has 0 aromatic carbocycles. The number of fused-ring (bicyclic) bond motifs is 1. The van der Waals surface area contributed by atoms with E-state index in [1.54, 1.807) is 31.7 Å². The number of nitrogens with one attached hydrogen (secondary N) is 1. The highest BCUT2D eigenvalue weighted by atomic mass is 19.4. The summed E-state index contributed by atoms with van der Waals surface area (Å²) in [6.07, 6.45) is -2.54. The molecule has 2 aromatic heterocycles. The molecular formula is C17H22F3N5O2. The van der Waals surface area contributed by atoms with Gasteiger partial charge >= 0.3 is 12.3 Å². The number of carbonyl (C=O) groups excluding carboxylic acids is 1. The third-order valence-corrected chi connectivity index (χ3v) is 4.18. The van der Waals surface area contributed by atoms with Gasteiger partial charge in [0.2, 0.25) is 0 Å². The number of carbonyl (C=O) groups is 1. The van der Waals surface area contributed by atoms with E-state index in [-0.39, 0.29) is 23.6 Å². The van der Waals surface area contributed by atoms with Gasteiger partial charge in [-0.15, -0.1) is 5.10 Å². The smallest absolute Gasteiger partial charge is 0.435 e. The lowest BCUT2D eigenvalue weighted by Crippen LogP contribution is -2.42. The zero-order valence-corrected chi connectivity index (χ0v) is 15.4. The van der Waals surface area contributed by atoms with Crippen LogP contribution >= 0.6 is 0 Å². The zero-order valence-electron chi connectivity index (χ0n) is 15.4. The molecule has 2 aromatic rings. The molecular weight excluding hydrogens is 363 g/mol. The maximum atomic E-state index is 13.0. The van der Waals surface area contributed by atoms with E-state index in [0.29, 0.717) is 13.1 Å². The number of hydrogen-bond donors (Lipinski definition) is 1. The number of anilines is 1. The van der Waals surface area contributed by atoms with Crippen LogP contribution in [-0.4, -0.2) is 50.3 Å². The molecule has 0 bridgehead atoms. The number of alkyl halides is 3. The Balaban J connectivity index is 1.70. The summed E-state index contributed by atoms with van der Waals surface area (Å²) in [5, 5.41) is 7.00. The van der Waals surface area contributed by atoms with Crippen LogP contribution in [0.4, 0.5) is 23.8 Å². The molecule has 3 heterocycles. The fourth-order valence-corrected chi connectivity index (χ4v) is 2.99. The molecule has 1 amide bonds. The Bertz CT molecular complexity index is 828. The van der Waals surface area contributed by atoms with Crippen LogP contribution in [0.25, 0.3) is 5.65 Å². The Labute approximate surface area is 154 Å². The Morgan fingerprint density at radius 3 is 2.74 bits per heavy atom. The maximum absolute atomic E-state index is 13.0. The number of imidazole rings is 1. The van der Waals surface area contributed by atoms with E-state index in [1.807, 2.05) is 0 Å². The summed E-state index contributed by atoms with van der Waals surface area (Å²) >= 11 is 0. The summed E-state index contributed by atoms with van der Waals surface area (Å²) in [7, 11) is 0. The van der Waals surface area contributed by atoms with Crippen molar-refractivity contribution >= 4 is 17.6 Å². The quantitative estimate of drug-likeness (QED) is 0.875. The molecule has 0 aliphatic carbocycles. The van der Waals surface area contributed by atoms with Gasteiger partial charge in [-0.1, -0.05) is 0 Å². The monoisotopic (exact) mass is 385 g/mol. The Hall–Kier alpha value is -2.52. The molecule has 1 saturated heterocycles. The molecule has 3 rings (SSSR count). The SMILES string of the molecule is CC(C)(C)OC(=O)N1CCC[C@H]1CNc1ccc2ncc(C(F)(F)F)n2n1. The summed E-state index contributed by atoms with van der Waals surface area (Å²) in [6, 6.07) is 2.92. The molecule has 1 N–H and O–H groups in total. The van der Waals surface area contributed by atoms with Gasteiger partial charge in [0.25, 0.3) is 0 Å².